The molecule has 0 saturated carbocycles. The van der Waals surface area contributed by atoms with Crippen LogP contribution in [0.5, 0.6) is 11.5 Å². The fourth-order valence-electron chi connectivity index (χ4n) is 3.40. The first-order valence-electron chi connectivity index (χ1n) is 10.8. The van der Waals surface area contributed by atoms with Gasteiger partial charge in [0.05, 0.1) is 12.0 Å². The largest absolute Gasteiger partial charge is 0.493 e. The zero-order chi connectivity index (χ0) is 23.8. The summed E-state index contributed by atoms with van der Waals surface area (Å²) in [6.07, 6.45) is 0.770. The number of nitro benzene ring substituents is 1. The maximum atomic E-state index is 13.2. The lowest BCUT2D eigenvalue weighted by atomic mass is 10.1. The second kappa shape index (κ2) is 11.1. The lowest BCUT2D eigenvalue weighted by Gasteiger charge is -2.29. The van der Waals surface area contributed by atoms with Gasteiger partial charge in [-0.25, -0.2) is 0 Å². The molecule has 0 aromatic heterocycles. The summed E-state index contributed by atoms with van der Waals surface area (Å²) >= 11 is 0. The predicted octanol–water partition coefficient (Wildman–Crippen LogP) is 5.62. The van der Waals surface area contributed by atoms with Gasteiger partial charge >= 0.3 is 0 Å². The summed E-state index contributed by atoms with van der Waals surface area (Å²) in [5.41, 5.74) is 2.31. The van der Waals surface area contributed by atoms with Crippen molar-refractivity contribution in [2.24, 2.45) is 0 Å². The molecular weight excluding hydrogens is 420 g/mol. The second-order valence-corrected chi connectivity index (χ2v) is 7.75. The monoisotopic (exact) mass is 448 g/mol. The second-order valence-electron chi connectivity index (χ2n) is 7.75. The van der Waals surface area contributed by atoms with Crippen LogP contribution in [0.25, 0.3) is 0 Å². The average Bonchev–Trinajstić information content (AvgIpc) is 2.85. The molecule has 0 aliphatic heterocycles. The molecule has 3 aromatic rings. The van der Waals surface area contributed by atoms with E-state index in [2.05, 4.69) is 0 Å². The van der Waals surface area contributed by atoms with Crippen molar-refractivity contribution in [3.63, 3.8) is 0 Å². The number of ether oxygens (including phenoxy) is 2. The van der Waals surface area contributed by atoms with Gasteiger partial charge in [-0.3, -0.25) is 14.9 Å². The fourth-order valence-corrected chi connectivity index (χ4v) is 3.40. The Morgan fingerprint density at radius 1 is 1.00 bits per heavy atom. The third-order valence-electron chi connectivity index (χ3n) is 5.53. The van der Waals surface area contributed by atoms with Gasteiger partial charge in [0, 0.05) is 30.3 Å². The Morgan fingerprint density at radius 3 is 2.30 bits per heavy atom. The van der Waals surface area contributed by atoms with Crippen molar-refractivity contribution in [1.82, 2.24) is 4.90 Å². The zero-order valence-electron chi connectivity index (χ0n) is 19.1. The minimum absolute atomic E-state index is 0.0246. The van der Waals surface area contributed by atoms with Gasteiger partial charge in [-0.15, -0.1) is 0 Å². The van der Waals surface area contributed by atoms with Crippen molar-refractivity contribution in [1.29, 1.82) is 0 Å². The van der Waals surface area contributed by atoms with E-state index in [1.54, 1.807) is 12.0 Å². The first-order valence-corrected chi connectivity index (χ1v) is 10.8. The highest BCUT2D eigenvalue weighted by molar-refractivity contribution is 5.94. The number of non-ortho nitro benzene ring substituents is 1. The molecule has 7 nitrogen and oxygen atoms in total. The molecule has 0 spiro atoms. The van der Waals surface area contributed by atoms with Crippen molar-refractivity contribution in [2.45, 2.75) is 39.5 Å². The Kier molecular flexibility index (Phi) is 8.02. The van der Waals surface area contributed by atoms with E-state index in [0.717, 1.165) is 17.5 Å². The summed E-state index contributed by atoms with van der Waals surface area (Å²) in [5.74, 6) is 1.04. The van der Waals surface area contributed by atoms with Gasteiger partial charge in [-0.2, -0.15) is 0 Å². The van der Waals surface area contributed by atoms with Crippen molar-refractivity contribution in [3.8, 4) is 11.5 Å². The molecule has 0 aliphatic rings. The van der Waals surface area contributed by atoms with E-state index in [1.807, 2.05) is 62.4 Å². The normalized spacial score (nSPS) is 11.5. The lowest BCUT2D eigenvalue weighted by Crippen LogP contribution is -2.37. The molecule has 1 atom stereocenters. The number of nitrogens with zero attached hydrogens (tertiary/aromatic N) is 2. The molecule has 172 valence electrons. The van der Waals surface area contributed by atoms with E-state index < -0.39 is 4.92 Å². The van der Waals surface area contributed by atoms with Crippen LogP contribution in [0.2, 0.25) is 0 Å². The van der Waals surface area contributed by atoms with E-state index in [-0.39, 0.29) is 17.6 Å². The minimum Gasteiger partial charge on any atom is -0.493 e. The maximum absolute atomic E-state index is 13.2. The number of benzene rings is 3. The van der Waals surface area contributed by atoms with Crippen LogP contribution < -0.4 is 9.47 Å². The minimum atomic E-state index is -0.477. The summed E-state index contributed by atoms with van der Waals surface area (Å²) in [4.78, 5) is 25.5. The molecule has 1 unspecified atom stereocenters. The molecule has 1 amide bonds. The molecule has 0 fully saturated rings. The van der Waals surface area contributed by atoms with E-state index in [1.165, 1.54) is 24.3 Å². The number of hydrogen-bond acceptors (Lipinski definition) is 5. The Balaban J connectivity index is 1.82. The summed E-state index contributed by atoms with van der Waals surface area (Å²) in [6, 6.07) is 21.2. The third-order valence-corrected chi connectivity index (χ3v) is 5.53. The Morgan fingerprint density at radius 2 is 1.70 bits per heavy atom. The molecule has 0 heterocycles. The molecule has 0 radical (unpaired) electrons. The van der Waals surface area contributed by atoms with Gasteiger partial charge < -0.3 is 14.4 Å². The Bertz CT molecular complexity index is 1080. The molecule has 0 aliphatic carbocycles. The summed E-state index contributed by atoms with van der Waals surface area (Å²) in [5, 5.41) is 10.9. The first-order chi connectivity index (χ1) is 15.9. The van der Waals surface area contributed by atoms with E-state index in [0.29, 0.717) is 30.2 Å². The van der Waals surface area contributed by atoms with Gasteiger partial charge in [0.1, 0.15) is 6.61 Å². The van der Waals surface area contributed by atoms with Gasteiger partial charge in [0.2, 0.25) is 0 Å². The van der Waals surface area contributed by atoms with Crippen molar-refractivity contribution >= 4 is 11.6 Å². The zero-order valence-corrected chi connectivity index (χ0v) is 19.1. The van der Waals surface area contributed by atoms with Crippen LogP contribution >= 0.6 is 0 Å². The van der Waals surface area contributed by atoms with E-state index in [4.69, 9.17) is 9.47 Å². The quantitative estimate of drug-likeness (QED) is 0.297. The smallest absolute Gasteiger partial charge is 0.269 e. The lowest BCUT2D eigenvalue weighted by molar-refractivity contribution is -0.384. The maximum Gasteiger partial charge on any atom is 0.269 e. The van der Waals surface area contributed by atoms with Gasteiger partial charge in [-0.1, -0.05) is 43.3 Å². The van der Waals surface area contributed by atoms with Crippen LogP contribution in [-0.2, 0) is 13.2 Å². The molecule has 3 rings (SSSR count). The molecular formula is C26H28N2O5. The van der Waals surface area contributed by atoms with E-state index in [9.17, 15) is 14.9 Å². The number of carbonyl (C=O) groups is 1. The first kappa shape index (κ1) is 23.8. The molecule has 0 saturated heterocycles. The molecule has 7 heteroatoms. The summed E-state index contributed by atoms with van der Waals surface area (Å²) < 4.78 is 11.5. The van der Waals surface area contributed by atoms with Crippen LogP contribution in [0.15, 0.2) is 72.8 Å². The fraction of sp³-hybridized carbons (Fsp3) is 0.269. The van der Waals surface area contributed by atoms with Crippen molar-refractivity contribution in [3.05, 3.63) is 99.6 Å². The topological polar surface area (TPSA) is 81.9 Å². The summed E-state index contributed by atoms with van der Waals surface area (Å²) in [6.45, 7) is 4.77. The standard InChI is InChI=1S/C26H28N2O5/c1-4-19(2)27(26(29)22-11-13-23(14-12-22)28(30)31)17-21-10-15-24(32-3)25(16-21)33-18-20-8-6-5-7-9-20/h5-16,19H,4,17-18H2,1-3H3. The van der Waals surface area contributed by atoms with Crippen LogP contribution in [0, 0.1) is 10.1 Å². The van der Waals surface area contributed by atoms with Crippen LogP contribution in [0.1, 0.15) is 41.8 Å². The van der Waals surface area contributed by atoms with Crippen LogP contribution in [0.4, 0.5) is 5.69 Å². The Hall–Kier alpha value is -3.87. The SMILES string of the molecule is CCC(C)N(Cc1ccc(OC)c(OCc2ccccc2)c1)C(=O)c1ccc([N+](=O)[O-])cc1. The number of rotatable bonds is 10. The van der Waals surface area contributed by atoms with Crippen LogP contribution in [-0.4, -0.2) is 28.9 Å². The average molecular weight is 449 g/mol. The molecule has 33 heavy (non-hydrogen) atoms. The van der Waals surface area contributed by atoms with Gasteiger partial charge in [-0.05, 0) is 48.7 Å². The van der Waals surface area contributed by atoms with Gasteiger partial charge in [0.25, 0.3) is 11.6 Å². The highest BCUT2D eigenvalue weighted by Crippen LogP contribution is 2.30. The molecule has 0 bridgehead atoms. The van der Waals surface area contributed by atoms with Crippen molar-refractivity contribution < 1.29 is 19.2 Å². The summed E-state index contributed by atoms with van der Waals surface area (Å²) in [7, 11) is 1.59. The molecule has 3 aromatic carbocycles. The number of amides is 1. The molecule has 0 N–H and O–H groups in total. The predicted molar refractivity (Wildman–Crippen MR) is 126 cm³/mol. The van der Waals surface area contributed by atoms with Gasteiger partial charge in [0.15, 0.2) is 11.5 Å². The number of hydrogen-bond donors (Lipinski definition) is 0. The number of carbonyl (C=O) groups excluding carboxylic acids is 1. The third kappa shape index (κ3) is 6.10. The number of nitro groups is 1. The van der Waals surface area contributed by atoms with E-state index >= 15 is 0 Å². The number of methoxy groups -OCH3 is 1. The van der Waals surface area contributed by atoms with Crippen LogP contribution in [0.3, 0.4) is 0 Å². The highest BCUT2D eigenvalue weighted by atomic mass is 16.6. The Labute approximate surface area is 193 Å². The van der Waals surface area contributed by atoms with Crippen molar-refractivity contribution in [2.75, 3.05) is 7.11 Å². The highest BCUT2D eigenvalue weighted by Gasteiger charge is 2.22.